The van der Waals surface area contributed by atoms with E-state index in [1.807, 2.05) is 36.4 Å². The summed E-state index contributed by atoms with van der Waals surface area (Å²) in [6.45, 7) is 5.17. The average Bonchev–Trinajstić information content (AvgIpc) is 3.05. The molecule has 0 aliphatic carbocycles. The molecule has 0 spiro atoms. The van der Waals surface area contributed by atoms with Crippen LogP contribution in [0.1, 0.15) is 25.5 Å². The second kappa shape index (κ2) is 7.86. The summed E-state index contributed by atoms with van der Waals surface area (Å²) >= 11 is 5.89. The van der Waals surface area contributed by atoms with Crippen LogP contribution in [0.4, 0.5) is 0 Å². The predicted octanol–water partition coefficient (Wildman–Crippen LogP) is 3.95. The molecule has 1 fully saturated rings. The highest BCUT2D eigenvalue weighted by molar-refractivity contribution is 6.30. The van der Waals surface area contributed by atoms with Crippen molar-refractivity contribution in [3.05, 3.63) is 47.2 Å². The Morgan fingerprint density at radius 1 is 1.21 bits per heavy atom. The van der Waals surface area contributed by atoms with Crippen molar-refractivity contribution in [3.63, 3.8) is 0 Å². The van der Waals surface area contributed by atoms with Gasteiger partial charge in [0.1, 0.15) is 11.5 Å². The van der Waals surface area contributed by atoms with Crippen molar-refractivity contribution in [2.75, 3.05) is 19.6 Å². The Bertz CT molecular complexity index is 673. The summed E-state index contributed by atoms with van der Waals surface area (Å²) in [6.07, 6.45) is 2.35. The van der Waals surface area contributed by atoms with Gasteiger partial charge < -0.3 is 9.73 Å². The van der Waals surface area contributed by atoms with Gasteiger partial charge in [-0.05, 0) is 68.2 Å². The molecular weight excluding hydrogens is 324 g/mol. The summed E-state index contributed by atoms with van der Waals surface area (Å²) in [5.41, 5.74) is 0.972. The maximum atomic E-state index is 12.1. The Hall–Kier alpha value is -1.78. The van der Waals surface area contributed by atoms with Crippen molar-refractivity contribution in [3.8, 4) is 11.3 Å². The van der Waals surface area contributed by atoms with Crippen LogP contribution in [0.5, 0.6) is 0 Å². The summed E-state index contributed by atoms with van der Waals surface area (Å²) in [5.74, 6) is 2.36. The van der Waals surface area contributed by atoms with E-state index in [9.17, 15) is 4.79 Å². The Balaban J connectivity index is 1.48. The first-order valence-electron chi connectivity index (χ1n) is 8.44. The standard InChI is InChI=1S/C19H23ClN2O2/c1-14-8-10-22(11-9-14)13-19(23)21-12-17-6-7-18(24-17)15-2-4-16(20)5-3-15/h2-7,14H,8-13H2,1H3,(H,21,23). The van der Waals surface area contributed by atoms with Crippen LogP contribution in [0.15, 0.2) is 40.8 Å². The molecule has 1 aliphatic rings. The zero-order valence-electron chi connectivity index (χ0n) is 13.9. The molecule has 0 bridgehead atoms. The third-order valence-electron chi connectivity index (χ3n) is 4.49. The Labute approximate surface area is 147 Å². The van der Waals surface area contributed by atoms with Crippen LogP contribution in [0, 0.1) is 5.92 Å². The minimum absolute atomic E-state index is 0.0500. The van der Waals surface area contributed by atoms with Crippen molar-refractivity contribution >= 4 is 17.5 Å². The number of hydrogen-bond donors (Lipinski definition) is 1. The van der Waals surface area contributed by atoms with Crippen LogP contribution in [0.25, 0.3) is 11.3 Å². The van der Waals surface area contributed by atoms with Crippen LogP contribution in [0.3, 0.4) is 0 Å². The van der Waals surface area contributed by atoms with Crippen molar-refractivity contribution in [2.24, 2.45) is 5.92 Å². The molecule has 1 N–H and O–H groups in total. The number of nitrogens with one attached hydrogen (secondary N) is 1. The summed E-state index contributed by atoms with van der Waals surface area (Å²) in [4.78, 5) is 14.3. The largest absolute Gasteiger partial charge is 0.459 e. The van der Waals surface area contributed by atoms with E-state index in [0.29, 0.717) is 18.1 Å². The lowest BCUT2D eigenvalue weighted by molar-refractivity contribution is -0.122. The van der Waals surface area contributed by atoms with Gasteiger partial charge in [-0.1, -0.05) is 18.5 Å². The van der Waals surface area contributed by atoms with Gasteiger partial charge in [-0.25, -0.2) is 0 Å². The van der Waals surface area contributed by atoms with E-state index >= 15 is 0 Å². The molecule has 1 saturated heterocycles. The summed E-state index contributed by atoms with van der Waals surface area (Å²) in [5, 5.41) is 3.63. The molecule has 5 heteroatoms. The molecule has 0 unspecified atom stereocenters. The van der Waals surface area contributed by atoms with E-state index in [2.05, 4.69) is 17.1 Å². The smallest absolute Gasteiger partial charge is 0.234 e. The van der Waals surface area contributed by atoms with Gasteiger partial charge >= 0.3 is 0 Å². The Morgan fingerprint density at radius 3 is 2.62 bits per heavy atom. The van der Waals surface area contributed by atoms with E-state index in [-0.39, 0.29) is 5.91 Å². The molecule has 24 heavy (non-hydrogen) atoms. The second-order valence-corrected chi connectivity index (χ2v) is 6.94. The number of likely N-dealkylation sites (tertiary alicyclic amines) is 1. The van der Waals surface area contributed by atoms with Gasteiger partial charge in [0.05, 0.1) is 13.1 Å². The van der Waals surface area contributed by atoms with Gasteiger partial charge in [0, 0.05) is 10.6 Å². The SMILES string of the molecule is CC1CCN(CC(=O)NCc2ccc(-c3ccc(Cl)cc3)o2)CC1. The van der Waals surface area contributed by atoms with Crippen LogP contribution < -0.4 is 5.32 Å². The molecule has 2 heterocycles. The Kier molecular flexibility index (Phi) is 5.59. The van der Waals surface area contributed by atoms with E-state index in [0.717, 1.165) is 36.1 Å². The maximum Gasteiger partial charge on any atom is 0.234 e. The fourth-order valence-electron chi connectivity index (χ4n) is 2.91. The van der Waals surface area contributed by atoms with Crippen molar-refractivity contribution in [1.82, 2.24) is 10.2 Å². The topological polar surface area (TPSA) is 45.5 Å². The lowest BCUT2D eigenvalue weighted by atomic mass is 9.99. The highest BCUT2D eigenvalue weighted by atomic mass is 35.5. The summed E-state index contributed by atoms with van der Waals surface area (Å²) in [7, 11) is 0. The normalized spacial score (nSPS) is 16.2. The van der Waals surface area contributed by atoms with Crippen LogP contribution in [-0.2, 0) is 11.3 Å². The number of nitrogens with zero attached hydrogens (tertiary/aromatic N) is 1. The molecule has 4 nitrogen and oxygen atoms in total. The fourth-order valence-corrected chi connectivity index (χ4v) is 3.03. The van der Waals surface area contributed by atoms with Crippen LogP contribution in [-0.4, -0.2) is 30.4 Å². The molecule has 1 aromatic heterocycles. The predicted molar refractivity (Wildman–Crippen MR) is 95.8 cm³/mol. The number of hydrogen-bond acceptors (Lipinski definition) is 3. The number of amides is 1. The zero-order chi connectivity index (χ0) is 16.9. The minimum atomic E-state index is 0.0500. The monoisotopic (exact) mass is 346 g/mol. The molecule has 0 saturated carbocycles. The fraction of sp³-hybridized carbons (Fsp3) is 0.421. The Morgan fingerprint density at radius 2 is 1.92 bits per heavy atom. The van der Waals surface area contributed by atoms with E-state index in [1.54, 1.807) is 0 Å². The number of halogens is 1. The molecular formula is C19H23ClN2O2. The summed E-state index contributed by atoms with van der Waals surface area (Å²) in [6, 6.07) is 11.3. The van der Waals surface area contributed by atoms with E-state index in [4.69, 9.17) is 16.0 Å². The molecule has 2 aromatic rings. The number of furan rings is 1. The van der Waals surface area contributed by atoms with E-state index in [1.165, 1.54) is 12.8 Å². The van der Waals surface area contributed by atoms with Gasteiger partial charge in [0.15, 0.2) is 0 Å². The highest BCUT2D eigenvalue weighted by Gasteiger charge is 2.17. The average molecular weight is 347 g/mol. The highest BCUT2D eigenvalue weighted by Crippen LogP contribution is 2.23. The van der Waals surface area contributed by atoms with Crippen LogP contribution >= 0.6 is 11.6 Å². The van der Waals surface area contributed by atoms with Crippen molar-refractivity contribution in [2.45, 2.75) is 26.3 Å². The second-order valence-electron chi connectivity index (χ2n) is 6.51. The third kappa shape index (κ3) is 4.62. The van der Waals surface area contributed by atoms with Gasteiger partial charge in [-0.2, -0.15) is 0 Å². The van der Waals surface area contributed by atoms with Gasteiger partial charge in [-0.15, -0.1) is 0 Å². The number of carbonyl (C=O) groups excluding carboxylic acids is 1. The molecule has 1 aromatic carbocycles. The van der Waals surface area contributed by atoms with Gasteiger partial charge in [0.2, 0.25) is 5.91 Å². The first-order chi connectivity index (χ1) is 11.6. The van der Waals surface area contributed by atoms with Gasteiger partial charge in [0.25, 0.3) is 0 Å². The number of benzene rings is 1. The molecule has 128 valence electrons. The number of rotatable bonds is 5. The quantitative estimate of drug-likeness (QED) is 0.891. The number of piperidine rings is 1. The maximum absolute atomic E-state index is 12.1. The summed E-state index contributed by atoms with van der Waals surface area (Å²) < 4.78 is 5.79. The first-order valence-corrected chi connectivity index (χ1v) is 8.81. The molecule has 0 atom stereocenters. The molecule has 3 rings (SSSR count). The minimum Gasteiger partial charge on any atom is -0.459 e. The molecule has 1 amide bonds. The van der Waals surface area contributed by atoms with Crippen molar-refractivity contribution < 1.29 is 9.21 Å². The van der Waals surface area contributed by atoms with Crippen LogP contribution in [0.2, 0.25) is 5.02 Å². The molecule has 0 radical (unpaired) electrons. The molecule has 1 aliphatic heterocycles. The van der Waals surface area contributed by atoms with Crippen molar-refractivity contribution in [1.29, 1.82) is 0 Å². The lowest BCUT2D eigenvalue weighted by Gasteiger charge is -2.29. The zero-order valence-corrected chi connectivity index (χ0v) is 14.7. The number of carbonyl (C=O) groups is 1. The third-order valence-corrected chi connectivity index (χ3v) is 4.75. The van der Waals surface area contributed by atoms with Gasteiger partial charge in [-0.3, -0.25) is 9.69 Å². The first kappa shape index (κ1) is 17.1. The van der Waals surface area contributed by atoms with E-state index < -0.39 is 0 Å². The lowest BCUT2D eigenvalue weighted by Crippen LogP contribution is -2.40.